The number of hydrogen-bond donors (Lipinski definition) is 2. The van der Waals surface area contributed by atoms with E-state index >= 15 is 0 Å². The molecule has 0 aromatic rings. The monoisotopic (exact) mass is 415 g/mol. The van der Waals surface area contributed by atoms with Gasteiger partial charge in [0.2, 0.25) is 5.91 Å². The number of aliphatic hydroxyl groups is 1. The molecule has 5 nitrogen and oxygen atoms in total. The lowest BCUT2D eigenvalue weighted by atomic mass is 9.67. The van der Waals surface area contributed by atoms with Crippen LogP contribution < -0.4 is 5.73 Å². The lowest BCUT2D eigenvalue weighted by molar-refractivity contribution is -0.142. The van der Waals surface area contributed by atoms with E-state index < -0.39 is 29.5 Å². The molecule has 2 aliphatic rings. The first-order valence-electron chi connectivity index (χ1n) is 11.0. The van der Waals surface area contributed by atoms with E-state index in [1.54, 1.807) is 0 Å². The maximum Gasteiger partial charge on any atom is 0.307 e. The highest BCUT2D eigenvalue weighted by Crippen LogP contribution is 2.47. The highest BCUT2D eigenvalue weighted by molar-refractivity contribution is 5.91. The summed E-state index contributed by atoms with van der Waals surface area (Å²) in [4.78, 5) is 24.0. The van der Waals surface area contributed by atoms with Crippen LogP contribution in [0, 0.1) is 5.41 Å². The molecular formula is C25H37NO4. The predicted octanol–water partition coefficient (Wildman–Crippen LogP) is 4.66. The molecule has 30 heavy (non-hydrogen) atoms. The minimum Gasteiger partial charge on any atom is -0.457 e. The third kappa shape index (κ3) is 5.94. The largest absolute Gasteiger partial charge is 0.457 e. The number of esters is 1. The van der Waals surface area contributed by atoms with Crippen molar-refractivity contribution >= 4 is 11.9 Å². The van der Waals surface area contributed by atoms with E-state index in [9.17, 15) is 14.7 Å². The van der Waals surface area contributed by atoms with Crippen LogP contribution in [-0.2, 0) is 14.3 Å². The van der Waals surface area contributed by atoms with Crippen LogP contribution >= 0.6 is 0 Å². The van der Waals surface area contributed by atoms with Crippen molar-refractivity contribution in [2.24, 2.45) is 11.1 Å². The number of carbonyl (C=O) groups excluding carboxylic acids is 2. The summed E-state index contributed by atoms with van der Waals surface area (Å²) in [6, 6.07) is 0. The first-order valence-corrected chi connectivity index (χ1v) is 11.0. The number of aliphatic hydroxyl groups excluding tert-OH is 1. The van der Waals surface area contributed by atoms with Gasteiger partial charge in [0, 0.05) is 0 Å². The van der Waals surface area contributed by atoms with Crippen LogP contribution in [0.3, 0.4) is 0 Å². The minimum absolute atomic E-state index is 0.139. The third-order valence-electron chi connectivity index (χ3n) is 6.20. The molecule has 3 unspecified atom stereocenters. The summed E-state index contributed by atoms with van der Waals surface area (Å²) in [5, 5.41) is 10.4. The number of primary amides is 1. The molecule has 0 saturated carbocycles. The Hall–Kier alpha value is -2.14. The average molecular weight is 416 g/mol. The van der Waals surface area contributed by atoms with Crippen molar-refractivity contribution in [2.75, 3.05) is 0 Å². The Morgan fingerprint density at radius 3 is 2.33 bits per heavy atom. The molecule has 1 heterocycles. The van der Waals surface area contributed by atoms with Crippen LogP contribution in [0.4, 0.5) is 0 Å². The van der Waals surface area contributed by atoms with Crippen molar-refractivity contribution in [3.8, 4) is 0 Å². The van der Waals surface area contributed by atoms with E-state index in [4.69, 9.17) is 10.5 Å². The fourth-order valence-corrected chi connectivity index (χ4v) is 4.33. The number of fused-ring (bicyclic) bond motifs is 1. The summed E-state index contributed by atoms with van der Waals surface area (Å²) < 4.78 is 5.41. The topological polar surface area (TPSA) is 89.6 Å². The van der Waals surface area contributed by atoms with E-state index in [1.807, 2.05) is 6.08 Å². The molecule has 1 saturated heterocycles. The van der Waals surface area contributed by atoms with Crippen LogP contribution in [0.5, 0.6) is 0 Å². The van der Waals surface area contributed by atoms with E-state index in [0.29, 0.717) is 12.8 Å². The van der Waals surface area contributed by atoms with Gasteiger partial charge in [-0.3, -0.25) is 9.59 Å². The van der Waals surface area contributed by atoms with Gasteiger partial charge < -0.3 is 15.6 Å². The molecule has 1 fully saturated rings. The number of ether oxygens (including phenoxy) is 1. The first kappa shape index (κ1) is 24.1. The van der Waals surface area contributed by atoms with Crippen LogP contribution in [0.2, 0.25) is 0 Å². The Balaban J connectivity index is 1.86. The molecule has 0 bridgehead atoms. The van der Waals surface area contributed by atoms with Gasteiger partial charge in [-0.25, -0.2) is 0 Å². The Kier molecular flexibility index (Phi) is 8.65. The van der Waals surface area contributed by atoms with Gasteiger partial charge in [0.1, 0.15) is 11.5 Å². The van der Waals surface area contributed by atoms with Crippen LogP contribution in [0.25, 0.3) is 0 Å². The molecule has 0 spiro atoms. The number of amides is 1. The van der Waals surface area contributed by atoms with Crippen molar-refractivity contribution in [2.45, 2.75) is 91.3 Å². The van der Waals surface area contributed by atoms with Gasteiger partial charge in [-0.2, -0.15) is 0 Å². The Labute approximate surface area is 180 Å². The zero-order valence-corrected chi connectivity index (χ0v) is 18.9. The number of nitrogens with two attached hydrogens (primary N) is 1. The molecule has 1 aliphatic heterocycles. The van der Waals surface area contributed by atoms with E-state index in [1.165, 1.54) is 16.7 Å². The zero-order valence-electron chi connectivity index (χ0n) is 18.9. The van der Waals surface area contributed by atoms with Gasteiger partial charge in [0.15, 0.2) is 0 Å². The van der Waals surface area contributed by atoms with Crippen molar-refractivity contribution in [1.29, 1.82) is 0 Å². The lowest BCUT2D eigenvalue weighted by Crippen LogP contribution is -2.54. The van der Waals surface area contributed by atoms with Gasteiger partial charge in [-0.15, -0.1) is 0 Å². The van der Waals surface area contributed by atoms with Gasteiger partial charge >= 0.3 is 5.97 Å². The molecule has 0 radical (unpaired) electrons. The molecule has 0 aromatic heterocycles. The molecule has 3 atom stereocenters. The average Bonchev–Trinajstić information content (AvgIpc) is 3.03. The van der Waals surface area contributed by atoms with Gasteiger partial charge in [0.05, 0.1) is 12.5 Å². The van der Waals surface area contributed by atoms with E-state index in [2.05, 4.69) is 45.9 Å². The van der Waals surface area contributed by atoms with Gasteiger partial charge in [0.25, 0.3) is 0 Å². The zero-order chi connectivity index (χ0) is 22.3. The summed E-state index contributed by atoms with van der Waals surface area (Å²) in [6.07, 6.45) is 12.9. The number of carbonyl (C=O) groups is 2. The maximum atomic E-state index is 12.1. The molecule has 1 amide bonds. The van der Waals surface area contributed by atoms with E-state index in [-0.39, 0.29) is 6.42 Å². The fraction of sp³-hybridized carbons (Fsp3) is 0.600. The maximum absolute atomic E-state index is 12.1. The highest BCUT2D eigenvalue weighted by atomic mass is 16.6. The molecule has 0 aromatic carbocycles. The number of allylic oxidation sites excluding steroid dienone is 6. The molecule has 5 heteroatoms. The summed E-state index contributed by atoms with van der Waals surface area (Å²) >= 11 is 0. The Morgan fingerprint density at radius 1 is 1.13 bits per heavy atom. The minimum atomic E-state index is -1.31. The second-order valence-corrected chi connectivity index (χ2v) is 8.98. The van der Waals surface area contributed by atoms with Crippen molar-refractivity contribution < 1.29 is 19.4 Å². The Morgan fingerprint density at radius 2 is 1.73 bits per heavy atom. The molecule has 1 aliphatic carbocycles. The van der Waals surface area contributed by atoms with E-state index in [0.717, 1.165) is 37.7 Å². The third-order valence-corrected chi connectivity index (χ3v) is 6.20. The summed E-state index contributed by atoms with van der Waals surface area (Å²) in [5.74, 6) is -1.13. The summed E-state index contributed by atoms with van der Waals surface area (Å²) in [7, 11) is 0. The predicted molar refractivity (Wildman–Crippen MR) is 119 cm³/mol. The lowest BCUT2D eigenvalue weighted by Gasteiger charge is -2.38. The number of rotatable bonds is 10. The molecule has 2 rings (SSSR count). The normalized spacial score (nSPS) is 26.7. The van der Waals surface area contributed by atoms with Crippen LogP contribution in [0.15, 0.2) is 46.6 Å². The van der Waals surface area contributed by atoms with Gasteiger partial charge in [-0.05, 0) is 78.2 Å². The van der Waals surface area contributed by atoms with Crippen molar-refractivity contribution in [3.05, 3.63) is 46.6 Å². The first-order chi connectivity index (χ1) is 14.2. The van der Waals surface area contributed by atoms with Crippen LogP contribution in [0.1, 0.15) is 79.1 Å². The molecule has 3 N–H and O–H groups in total. The SMILES string of the molecule is CC(C)=CCCC(C)=CCCC(C)=CCCC1=CCC(O)C2(C(N)=O)CC(=O)OC12. The smallest absolute Gasteiger partial charge is 0.307 e. The highest BCUT2D eigenvalue weighted by Gasteiger charge is 2.60. The van der Waals surface area contributed by atoms with Gasteiger partial charge in [-0.1, -0.05) is 41.0 Å². The standard InChI is InChI=1S/C25H37NO4/c1-17(2)8-5-9-18(3)10-6-11-19(4)12-7-13-20-14-15-21(27)25(24(26)29)16-22(28)30-23(20)25/h8,10,12,14,21,23,27H,5-7,9,11,13,15-16H2,1-4H3,(H2,26,29). The molecule has 166 valence electrons. The second-order valence-electron chi connectivity index (χ2n) is 8.98. The molecular weight excluding hydrogens is 378 g/mol. The van der Waals surface area contributed by atoms with Crippen molar-refractivity contribution in [3.63, 3.8) is 0 Å². The van der Waals surface area contributed by atoms with Crippen molar-refractivity contribution in [1.82, 2.24) is 0 Å². The van der Waals surface area contributed by atoms with Crippen LogP contribution in [-0.4, -0.2) is 29.2 Å². The second kappa shape index (κ2) is 10.8. The summed E-state index contributed by atoms with van der Waals surface area (Å²) in [6.45, 7) is 8.58. The number of hydrogen-bond acceptors (Lipinski definition) is 4. The Bertz CT molecular complexity index is 770. The summed E-state index contributed by atoms with van der Waals surface area (Å²) in [5.41, 5.74) is 9.28. The fourth-order valence-electron chi connectivity index (χ4n) is 4.33. The quantitative estimate of drug-likeness (QED) is 0.401.